The predicted molar refractivity (Wildman–Crippen MR) is 143 cm³/mol. The number of carbonyl (C=O) groups excluding carboxylic acids is 1. The lowest BCUT2D eigenvalue weighted by Crippen LogP contribution is -2.40. The van der Waals surface area contributed by atoms with Crippen molar-refractivity contribution < 1.29 is 18.4 Å². The molecule has 0 aliphatic carbocycles. The van der Waals surface area contributed by atoms with Gasteiger partial charge in [-0.3, -0.25) is 4.79 Å². The van der Waals surface area contributed by atoms with E-state index in [9.17, 15) is 4.79 Å². The summed E-state index contributed by atoms with van der Waals surface area (Å²) in [5, 5.41) is 0. The van der Waals surface area contributed by atoms with Gasteiger partial charge in [0.05, 0.1) is 6.61 Å². The second-order valence-electron chi connectivity index (χ2n) is 11.3. The average Bonchev–Trinajstić information content (AvgIpc) is 2.68. The van der Waals surface area contributed by atoms with Gasteiger partial charge >= 0.3 is 5.97 Å². The van der Waals surface area contributed by atoms with Crippen LogP contribution >= 0.6 is 0 Å². The number of unbranched alkanes of at least 4 members (excludes halogenated alkanes) is 13. The van der Waals surface area contributed by atoms with Gasteiger partial charge in [-0.05, 0) is 45.7 Å². The number of esters is 1. The third kappa shape index (κ3) is 24.5. The number of hydrogen-bond donors (Lipinski definition) is 0. The standard InChI is InChI=1S/C26H56O4Si2/c1-8-9-10-11-12-13-14-15-16-17-18-19-20-21-22-26(27)28-23-25(30-32(5,6)7)24-29-31(2,3)4/h25H,8-24H2,1-7H3. The smallest absolute Gasteiger partial charge is 0.305 e. The van der Waals surface area contributed by atoms with Gasteiger partial charge in [0.1, 0.15) is 12.7 Å². The highest BCUT2D eigenvalue weighted by atomic mass is 28.4. The molecule has 192 valence electrons. The van der Waals surface area contributed by atoms with Gasteiger partial charge in [-0.15, -0.1) is 0 Å². The molecule has 0 aromatic rings. The van der Waals surface area contributed by atoms with Crippen LogP contribution in [0.3, 0.4) is 0 Å². The van der Waals surface area contributed by atoms with Crippen molar-refractivity contribution in [1.29, 1.82) is 0 Å². The fourth-order valence-electron chi connectivity index (χ4n) is 3.68. The molecule has 0 N–H and O–H groups in total. The highest BCUT2D eigenvalue weighted by molar-refractivity contribution is 6.70. The van der Waals surface area contributed by atoms with E-state index in [1.54, 1.807) is 0 Å². The summed E-state index contributed by atoms with van der Waals surface area (Å²) in [6.45, 7) is 16.1. The Bertz CT molecular complexity index is 444. The molecule has 0 aliphatic heterocycles. The Kier molecular flexibility index (Phi) is 19.1. The normalized spacial score (nSPS) is 13.3. The quantitative estimate of drug-likeness (QED) is 0.0870. The average molecular weight is 489 g/mol. The third-order valence-corrected chi connectivity index (χ3v) is 7.46. The molecule has 0 bridgehead atoms. The van der Waals surface area contributed by atoms with Crippen LogP contribution in [0.2, 0.25) is 39.3 Å². The van der Waals surface area contributed by atoms with E-state index in [4.69, 9.17) is 13.6 Å². The van der Waals surface area contributed by atoms with Gasteiger partial charge in [-0.2, -0.15) is 0 Å². The van der Waals surface area contributed by atoms with Gasteiger partial charge in [0.2, 0.25) is 0 Å². The summed E-state index contributed by atoms with van der Waals surface area (Å²) in [6, 6.07) is 0. The highest BCUT2D eigenvalue weighted by Gasteiger charge is 2.25. The maximum atomic E-state index is 12.1. The molecule has 0 saturated heterocycles. The summed E-state index contributed by atoms with van der Waals surface area (Å²) >= 11 is 0. The summed E-state index contributed by atoms with van der Waals surface area (Å²) in [5.74, 6) is -0.0962. The minimum absolute atomic E-state index is 0.0962. The molecule has 0 amide bonds. The molecular weight excluding hydrogens is 432 g/mol. The molecule has 0 aliphatic rings. The molecule has 0 fully saturated rings. The van der Waals surface area contributed by atoms with Crippen LogP contribution < -0.4 is 0 Å². The number of rotatable bonds is 22. The van der Waals surface area contributed by atoms with E-state index in [0.29, 0.717) is 19.6 Å². The van der Waals surface area contributed by atoms with Crippen molar-refractivity contribution in [1.82, 2.24) is 0 Å². The minimum Gasteiger partial charge on any atom is -0.463 e. The zero-order valence-corrected chi connectivity index (χ0v) is 24.7. The number of ether oxygens (including phenoxy) is 1. The molecule has 0 radical (unpaired) electrons. The zero-order chi connectivity index (χ0) is 24.3. The van der Waals surface area contributed by atoms with Gasteiger partial charge in [0, 0.05) is 6.42 Å². The topological polar surface area (TPSA) is 44.8 Å². The fourth-order valence-corrected chi connectivity index (χ4v) is 5.50. The lowest BCUT2D eigenvalue weighted by molar-refractivity contribution is -0.146. The summed E-state index contributed by atoms with van der Waals surface area (Å²) in [7, 11) is -3.32. The van der Waals surface area contributed by atoms with E-state index in [2.05, 4.69) is 46.2 Å². The van der Waals surface area contributed by atoms with E-state index in [1.807, 2.05) is 0 Å². The lowest BCUT2D eigenvalue weighted by atomic mass is 10.0. The fraction of sp³-hybridized carbons (Fsp3) is 0.962. The van der Waals surface area contributed by atoms with E-state index in [1.165, 1.54) is 77.0 Å². The Morgan fingerprint density at radius 2 is 1.06 bits per heavy atom. The molecule has 0 aromatic heterocycles. The van der Waals surface area contributed by atoms with E-state index in [-0.39, 0.29) is 12.1 Å². The zero-order valence-electron chi connectivity index (χ0n) is 22.7. The molecule has 1 atom stereocenters. The van der Waals surface area contributed by atoms with E-state index < -0.39 is 16.6 Å². The van der Waals surface area contributed by atoms with Crippen molar-refractivity contribution in [2.75, 3.05) is 13.2 Å². The molecule has 6 heteroatoms. The molecule has 0 heterocycles. The SMILES string of the molecule is CCCCCCCCCCCCCCCCC(=O)OCC(CO[Si](C)(C)C)O[Si](C)(C)C. The largest absolute Gasteiger partial charge is 0.463 e. The molecular formula is C26H56O4Si2. The Morgan fingerprint density at radius 3 is 1.47 bits per heavy atom. The predicted octanol–water partition coefficient (Wildman–Crippen LogP) is 8.47. The van der Waals surface area contributed by atoms with Crippen LogP contribution in [0, 0.1) is 0 Å². The van der Waals surface area contributed by atoms with Crippen LogP contribution in [0.5, 0.6) is 0 Å². The second kappa shape index (κ2) is 19.2. The summed E-state index contributed by atoms with van der Waals surface area (Å²) in [4.78, 5) is 12.1. The van der Waals surface area contributed by atoms with Crippen molar-refractivity contribution in [3.63, 3.8) is 0 Å². The lowest BCUT2D eigenvalue weighted by Gasteiger charge is -2.28. The maximum Gasteiger partial charge on any atom is 0.305 e. The summed E-state index contributed by atoms with van der Waals surface area (Å²) in [6.07, 6.45) is 18.9. The van der Waals surface area contributed by atoms with Crippen molar-refractivity contribution in [2.45, 2.75) is 149 Å². The molecule has 32 heavy (non-hydrogen) atoms. The van der Waals surface area contributed by atoms with Gasteiger partial charge in [0.15, 0.2) is 16.6 Å². The Labute approximate surface area is 202 Å². The summed E-state index contributed by atoms with van der Waals surface area (Å²) in [5.41, 5.74) is 0. The van der Waals surface area contributed by atoms with Crippen LogP contribution in [0.4, 0.5) is 0 Å². The second-order valence-corrected chi connectivity index (χ2v) is 20.3. The maximum absolute atomic E-state index is 12.1. The Balaban J connectivity index is 3.69. The molecule has 0 spiro atoms. The molecule has 4 nitrogen and oxygen atoms in total. The van der Waals surface area contributed by atoms with Crippen LogP contribution in [0.1, 0.15) is 103 Å². The molecule has 0 aromatic carbocycles. The van der Waals surface area contributed by atoms with Crippen LogP contribution in [-0.4, -0.2) is 41.9 Å². The number of carbonyl (C=O) groups is 1. The molecule has 1 unspecified atom stereocenters. The Morgan fingerprint density at radius 1 is 0.625 bits per heavy atom. The van der Waals surface area contributed by atoms with E-state index in [0.717, 1.165) is 12.8 Å². The van der Waals surface area contributed by atoms with Gasteiger partial charge in [0.25, 0.3) is 0 Å². The monoisotopic (exact) mass is 488 g/mol. The number of hydrogen-bond acceptors (Lipinski definition) is 4. The van der Waals surface area contributed by atoms with Crippen molar-refractivity contribution in [3.8, 4) is 0 Å². The minimum atomic E-state index is -1.71. The van der Waals surface area contributed by atoms with E-state index >= 15 is 0 Å². The molecule has 0 saturated carbocycles. The first-order valence-electron chi connectivity index (χ1n) is 13.5. The molecule has 0 rings (SSSR count). The summed E-state index contributed by atoms with van der Waals surface area (Å²) < 4.78 is 17.7. The van der Waals surface area contributed by atoms with Gasteiger partial charge in [-0.25, -0.2) is 0 Å². The van der Waals surface area contributed by atoms with Crippen LogP contribution in [-0.2, 0) is 18.4 Å². The Hall–Kier alpha value is -0.176. The first-order valence-corrected chi connectivity index (χ1v) is 20.3. The van der Waals surface area contributed by atoms with Crippen molar-refractivity contribution >= 4 is 22.6 Å². The first-order chi connectivity index (χ1) is 15.0. The van der Waals surface area contributed by atoms with Gasteiger partial charge < -0.3 is 13.6 Å². The van der Waals surface area contributed by atoms with Crippen molar-refractivity contribution in [2.24, 2.45) is 0 Å². The van der Waals surface area contributed by atoms with Crippen LogP contribution in [0.25, 0.3) is 0 Å². The van der Waals surface area contributed by atoms with Gasteiger partial charge in [-0.1, -0.05) is 90.4 Å². The highest BCUT2D eigenvalue weighted by Crippen LogP contribution is 2.14. The van der Waals surface area contributed by atoms with Crippen molar-refractivity contribution in [3.05, 3.63) is 0 Å². The van der Waals surface area contributed by atoms with Crippen LogP contribution in [0.15, 0.2) is 0 Å². The third-order valence-electron chi connectivity index (χ3n) is 5.39. The first kappa shape index (κ1) is 31.8.